The molecule has 0 saturated heterocycles. The molecule has 0 aliphatic heterocycles. The highest BCUT2D eigenvalue weighted by Crippen LogP contribution is 2.22. The van der Waals surface area contributed by atoms with Crippen LogP contribution in [0.2, 0.25) is 0 Å². The van der Waals surface area contributed by atoms with Crippen LogP contribution in [0.1, 0.15) is 11.4 Å². The SMILES string of the molecule is COc1ccccc1NC(N)=NCc1cn2c(C)cccc2n1. The van der Waals surface area contributed by atoms with Gasteiger partial charge in [0.1, 0.15) is 11.4 Å². The number of hydrogen-bond acceptors (Lipinski definition) is 3. The molecular weight excluding hydrogens is 290 g/mol. The molecule has 2 aromatic heterocycles. The van der Waals surface area contributed by atoms with Crippen molar-refractivity contribution in [3.63, 3.8) is 0 Å². The molecule has 0 bridgehead atoms. The minimum absolute atomic E-state index is 0.322. The van der Waals surface area contributed by atoms with E-state index >= 15 is 0 Å². The van der Waals surface area contributed by atoms with Gasteiger partial charge in [-0.15, -0.1) is 0 Å². The zero-order valence-electron chi connectivity index (χ0n) is 13.2. The fourth-order valence-corrected chi connectivity index (χ4v) is 2.37. The van der Waals surface area contributed by atoms with Crippen molar-refractivity contribution in [2.24, 2.45) is 10.7 Å². The van der Waals surface area contributed by atoms with E-state index in [9.17, 15) is 0 Å². The van der Waals surface area contributed by atoms with E-state index in [1.165, 1.54) is 0 Å². The van der Waals surface area contributed by atoms with E-state index in [4.69, 9.17) is 10.5 Å². The number of imidazole rings is 1. The summed E-state index contributed by atoms with van der Waals surface area (Å²) in [5.41, 5.74) is 9.63. The lowest BCUT2D eigenvalue weighted by Gasteiger charge is -2.09. The number of aromatic nitrogens is 2. The van der Waals surface area contributed by atoms with Crippen molar-refractivity contribution >= 4 is 17.3 Å². The Labute approximate surface area is 134 Å². The Morgan fingerprint density at radius 2 is 2.09 bits per heavy atom. The lowest BCUT2D eigenvalue weighted by molar-refractivity contribution is 0.417. The van der Waals surface area contributed by atoms with Gasteiger partial charge in [0.05, 0.1) is 25.0 Å². The van der Waals surface area contributed by atoms with Crippen LogP contribution >= 0.6 is 0 Å². The molecule has 0 fully saturated rings. The highest BCUT2D eigenvalue weighted by Gasteiger charge is 2.04. The van der Waals surface area contributed by atoms with Crippen LogP contribution in [0.5, 0.6) is 5.75 Å². The Morgan fingerprint density at radius 3 is 2.87 bits per heavy atom. The summed E-state index contributed by atoms with van der Waals surface area (Å²) in [7, 11) is 1.62. The summed E-state index contributed by atoms with van der Waals surface area (Å²) in [6.45, 7) is 2.45. The number of pyridine rings is 1. The number of rotatable bonds is 4. The first-order chi connectivity index (χ1) is 11.2. The quantitative estimate of drug-likeness (QED) is 0.573. The highest BCUT2D eigenvalue weighted by atomic mass is 16.5. The van der Waals surface area contributed by atoms with Crippen molar-refractivity contribution in [2.75, 3.05) is 12.4 Å². The van der Waals surface area contributed by atoms with Crippen molar-refractivity contribution in [1.29, 1.82) is 0 Å². The van der Waals surface area contributed by atoms with Gasteiger partial charge in [0, 0.05) is 11.9 Å². The number of nitrogens with zero attached hydrogens (tertiary/aromatic N) is 3. The van der Waals surface area contributed by atoms with Crippen molar-refractivity contribution in [3.05, 3.63) is 60.0 Å². The number of ether oxygens (including phenoxy) is 1. The number of fused-ring (bicyclic) bond motifs is 1. The summed E-state index contributed by atoms with van der Waals surface area (Å²) >= 11 is 0. The molecule has 6 heteroatoms. The van der Waals surface area contributed by atoms with Gasteiger partial charge < -0.3 is 20.2 Å². The van der Waals surface area contributed by atoms with Gasteiger partial charge in [0.25, 0.3) is 0 Å². The number of benzene rings is 1. The fourth-order valence-electron chi connectivity index (χ4n) is 2.37. The van der Waals surface area contributed by atoms with Crippen molar-refractivity contribution in [2.45, 2.75) is 13.5 Å². The number of hydrogen-bond donors (Lipinski definition) is 2. The molecule has 0 spiro atoms. The molecule has 118 valence electrons. The predicted molar refractivity (Wildman–Crippen MR) is 91.9 cm³/mol. The third kappa shape index (κ3) is 3.26. The van der Waals surface area contributed by atoms with E-state index in [1.54, 1.807) is 7.11 Å². The van der Waals surface area contributed by atoms with Gasteiger partial charge in [-0.2, -0.15) is 0 Å². The minimum atomic E-state index is 0.322. The van der Waals surface area contributed by atoms with E-state index in [0.29, 0.717) is 18.3 Å². The maximum Gasteiger partial charge on any atom is 0.193 e. The second-order valence-corrected chi connectivity index (χ2v) is 5.15. The zero-order valence-corrected chi connectivity index (χ0v) is 13.2. The van der Waals surface area contributed by atoms with Crippen LogP contribution in [-0.2, 0) is 6.54 Å². The Balaban J connectivity index is 1.74. The van der Waals surface area contributed by atoms with E-state index in [1.807, 2.05) is 60.0 Å². The van der Waals surface area contributed by atoms with E-state index in [2.05, 4.69) is 15.3 Å². The normalized spacial score (nSPS) is 11.7. The average Bonchev–Trinajstić information content (AvgIpc) is 2.98. The Bertz CT molecular complexity index is 853. The molecule has 0 radical (unpaired) electrons. The van der Waals surface area contributed by atoms with Crippen LogP contribution in [0.25, 0.3) is 5.65 Å². The van der Waals surface area contributed by atoms with Gasteiger partial charge in [0.2, 0.25) is 0 Å². The molecule has 23 heavy (non-hydrogen) atoms. The van der Waals surface area contributed by atoms with Crippen LogP contribution in [-0.4, -0.2) is 22.5 Å². The maximum atomic E-state index is 5.95. The van der Waals surface area contributed by atoms with Gasteiger partial charge in [-0.1, -0.05) is 18.2 Å². The predicted octanol–water partition coefficient (Wildman–Crippen LogP) is 2.58. The van der Waals surface area contributed by atoms with Gasteiger partial charge in [-0.3, -0.25) is 0 Å². The summed E-state index contributed by atoms with van der Waals surface area (Å²) < 4.78 is 7.31. The molecule has 0 unspecified atom stereocenters. The van der Waals surface area contributed by atoms with E-state index in [0.717, 1.165) is 22.7 Å². The van der Waals surface area contributed by atoms with E-state index < -0.39 is 0 Å². The molecule has 0 saturated carbocycles. The summed E-state index contributed by atoms with van der Waals surface area (Å²) in [6, 6.07) is 13.5. The highest BCUT2D eigenvalue weighted by molar-refractivity contribution is 5.93. The van der Waals surface area contributed by atoms with Crippen molar-refractivity contribution < 1.29 is 4.74 Å². The van der Waals surface area contributed by atoms with Crippen LogP contribution in [0.4, 0.5) is 5.69 Å². The van der Waals surface area contributed by atoms with Crippen LogP contribution in [0.3, 0.4) is 0 Å². The van der Waals surface area contributed by atoms with E-state index in [-0.39, 0.29) is 0 Å². The maximum absolute atomic E-state index is 5.95. The summed E-state index contributed by atoms with van der Waals surface area (Å²) in [5.74, 6) is 1.04. The van der Waals surface area contributed by atoms with Crippen molar-refractivity contribution in [3.8, 4) is 5.75 Å². The number of aryl methyl sites for hydroxylation is 1. The molecule has 2 heterocycles. The molecule has 3 aromatic rings. The number of nitrogens with one attached hydrogen (secondary N) is 1. The monoisotopic (exact) mass is 309 g/mol. The number of guanidine groups is 1. The Hall–Kier alpha value is -3.02. The van der Waals surface area contributed by atoms with Gasteiger partial charge in [-0.05, 0) is 31.2 Å². The largest absolute Gasteiger partial charge is 0.495 e. The third-order valence-electron chi connectivity index (χ3n) is 3.53. The van der Waals surface area contributed by atoms with Crippen LogP contribution < -0.4 is 15.8 Å². The first-order valence-corrected chi connectivity index (χ1v) is 7.31. The number of aliphatic imine (C=N–C) groups is 1. The molecule has 0 atom stereocenters. The summed E-state index contributed by atoms with van der Waals surface area (Å²) in [4.78, 5) is 8.88. The average molecular weight is 309 g/mol. The van der Waals surface area contributed by atoms with Crippen LogP contribution in [0.15, 0.2) is 53.7 Å². The minimum Gasteiger partial charge on any atom is -0.495 e. The standard InChI is InChI=1S/C17H19N5O/c1-12-6-5-9-16-20-13(11-22(12)16)10-19-17(18)21-14-7-3-4-8-15(14)23-2/h3-9,11H,10H2,1-2H3,(H3,18,19,21). The van der Waals surface area contributed by atoms with Gasteiger partial charge in [0.15, 0.2) is 5.96 Å². The van der Waals surface area contributed by atoms with Crippen molar-refractivity contribution in [1.82, 2.24) is 9.38 Å². The lowest BCUT2D eigenvalue weighted by Crippen LogP contribution is -2.22. The molecule has 1 aromatic carbocycles. The van der Waals surface area contributed by atoms with Crippen LogP contribution in [0, 0.1) is 6.92 Å². The Morgan fingerprint density at radius 1 is 1.26 bits per heavy atom. The molecule has 0 aliphatic rings. The molecule has 3 rings (SSSR count). The molecule has 6 nitrogen and oxygen atoms in total. The lowest BCUT2D eigenvalue weighted by atomic mass is 10.3. The fraction of sp³-hybridized carbons (Fsp3) is 0.176. The van der Waals surface area contributed by atoms with Gasteiger partial charge >= 0.3 is 0 Å². The summed E-state index contributed by atoms with van der Waals surface area (Å²) in [6.07, 6.45) is 1.98. The summed E-state index contributed by atoms with van der Waals surface area (Å²) in [5, 5.41) is 3.04. The second-order valence-electron chi connectivity index (χ2n) is 5.15. The second kappa shape index (κ2) is 6.39. The van der Waals surface area contributed by atoms with Gasteiger partial charge in [-0.25, -0.2) is 9.98 Å². The third-order valence-corrected chi connectivity index (χ3v) is 3.53. The Kier molecular flexibility index (Phi) is 4.14. The number of nitrogens with two attached hydrogens (primary N) is 1. The molecule has 0 amide bonds. The molecule has 0 aliphatic carbocycles. The number of anilines is 1. The first-order valence-electron chi connectivity index (χ1n) is 7.31. The molecular formula is C17H19N5O. The topological polar surface area (TPSA) is 76.9 Å². The zero-order chi connectivity index (χ0) is 16.2. The first kappa shape index (κ1) is 14.9. The number of para-hydroxylation sites is 2. The number of methoxy groups -OCH3 is 1. The smallest absolute Gasteiger partial charge is 0.193 e. The molecule has 3 N–H and O–H groups in total.